The van der Waals surface area contributed by atoms with Gasteiger partial charge in [0.1, 0.15) is 0 Å². The quantitative estimate of drug-likeness (QED) is 0.595. The van der Waals surface area contributed by atoms with Crippen molar-refractivity contribution in [1.29, 1.82) is 0 Å². The zero-order valence-electron chi connectivity index (χ0n) is 8.59. The van der Waals surface area contributed by atoms with Crippen molar-refractivity contribution in [3.05, 3.63) is 11.6 Å². The monoisotopic (exact) mass is 165 g/mol. The van der Waals surface area contributed by atoms with Gasteiger partial charge >= 0.3 is 0 Å². The summed E-state index contributed by atoms with van der Waals surface area (Å²) in [5, 5.41) is 0. The minimum absolute atomic E-state index is 0.270. The van der Waals surface area contributed by atoms with E-state index in [1.54, 1.807) is 0 Å². The van der Waals surface area contributed by atoms with Crippen molar-refractivity contribution in [2.24, 2.45) is 10.4 Å². The van der Waals surface area contributed by atoms with E-state index in [1.807, 2.05) is 6.21 Å². The molecule has 1 aliphatic rings. The minimum Gasteiger partial charge on any atom is -0.285 e. The lowest BCUT2D eigenvalue weighted by Gasteiger charge is -2.17. The van der Waals surface area contributed by atoms with Crippen molar-refractivity contribution >= 4 is 6.21 Å². The molecule has 1 aliphatic heterocycles. The molecule has 0 aromatic rings. The van der Waals surface area contributed by atoms with Crippen LogP contribution in [0.25, 0.3) is 0 Å². The van der Waals surface area contributed by atoms with E-state index < -0.39 is 0 Å². The molecule has 1 heterocycles. The molecule has 68 valence electrons. The molecule has 1 unspecified atom stereocenters. The number of aliphatic imine (C=N–C) groups is 1. The van der Waals surface area contributed by atoms with Crippen LogP contribution in [0.2, 0.25) is 0 Å². The van der Waals surface area contributed by atoms with Gasteiger partial charge in [-0.1, -0.05) is 40.2 Å². The van der Waals surface area contributed by atoms with Crippen LogP contribution in [0.3, 0.4) is 0 Å². The lowest BCUT2D eigenvalue weighted by Crippen LogP contribution is -2.09. The third kappa shape index (κ3) is 2.20. The van der Waals surface area contributed by atoms with Gasteiger partial charge in [-0.15, -0.1) is 0 Å². The molecular formula is C11H19N. The maximum Gasteiger partial charge on any atom is 0.0686 e. The second-order valence-electron chi connectivity index (χ2n) is 4.51. The number of allylic oxidation sites excluding steroid dienone is 1. The topological polar surface area (TPSA) is 12.4 Å². The Labute approximate surface area is 75.6 Å². The molecule has 0 amide bonds. The van der Waals surface area contributed by atoms with Gasteiger partial charge in [0.2, 0.25) is 0 Å². The van der Waals surface area contributed by atoms with Crippen molar-refractivity contribution in [2.75, 3.05) is 0 Å². The van der Waals surface area contributed by atoms with Gasteiger partial charge < -0.3 is 0 Å². The molecule has 1 rings (SSSR count). The summed E-state index contributed by atoms with van der Waals surface area (Å²) in [5.74, 6) is 0. The van der Waals surface area contributed by atoms with Gasteiger partial charge in [-0.2, -0.15) is 0 Å². The molecule has 0 aromatic heterocycles. The first-order valence-electron chi connectivity index (χ1n) is 4.79. The number of hydrogen-bond acceptors (Lipinski definition) is 1. The number of nitrogens with zero attached hydrogens (tertiary/aromatic N) is 1. The summed E-state index contributed by atoms with van der Waals surface area (Å²) >= 11 is 0. The highest BCUT2D eigenvalue weighted by Gasteiger charge is 2.20. The Hall–Kier alpha value is -0.590. The largest absolute Gasteiger partial charge is 0.285 e. The third-order valence-electron chi connectivity index (χ3n) is 2.23. The van der Waals surface area contributed by atoms with Gasteiger partial charge in [0.25, 0.3) is 0 Å². The Morgan fingerprint density at radius 3 is 2.50 bits per heavy atom. The Morgan fingerprint density at radius 1 is 1.42 bits per heavy atom. The number of hydrogen-bond donors (Lipinski definition) is 0. The molecule has 1 atom stereocenters. The molecule has 0 saturated heterocycles. The standard InChI is InChI=1S/C11H19N/c1-5-6-10-7-9(8-12-10)11(2,3)4/h7-8,10H,5-6H2,1-4H3. The minimum atomic E-state index is 0.270. The molecule has 0 radical (unpaired) electrons. The Bertz CT molecular complexity index is 206. The van der Waals surface area contributed by atoms with Crippen LogP contribution in [-0.2, 0) is 0 Å². The summed E-state index contributed by atoms with van der Waals surface area (Å²) in [6, 6.07) is 0.462. The van der Waals surface area contributed by atoms with Crippen molar-refractivity contribution < 1.29 is 0 Å². The average Bonchev–Trinajstić information content (AvgIpc) is 2.35. The highest BCUT2D eigenvalue weighted by atomic mass is 14.8. The highest BCUT2D eigenvalue weighted by Crippen LogP contribution is 2.28. The van der Waals surface area contributed by atoms with E-state index in [-0.39, 0.29) is 5.41 Å². The van der Waals surface area contributed by atoms with E-state index in [1.165, 1.54) is 18.4 Å². The van der Waals surface area contributed by atoms with Gasteiger partial charge in [-0.05, 0) is 17.4 Å². The van der Waals surface area contributed by atoms with Gasteiger partial charge in [-0.25, -0.2) is 0 Å². The summed E-state index contributed by atoms with van der Waals surface area (Å²) in [5.41, 5.74) is 1.66. The molecule has 0 aliphatic carbocycles. The van der Waals surface area contributed by atoms with Crippen LogP contribution in [0.15, 0.2) is 16.6 Å². The maximum absolute atomic E-state index is 4.46. The van der Waals surface area contributed by atoms with Gasteiger partial charge in [0.15, 0.2) is 0 Å². The van der Waals surface area contributed by atoms with E-state index in [0.29, 0.717) is 6.04 Å². The van der Waals surface area contributed by atoms with Crippen LogP contribution in [-0.4, -0.2) is 12.3 Å². The van der Waals surface area contributed by atoms with E-state index in [9.17, 15) is 0 Å². The van der Waals surface area contributed by atoms with E-state index in [0.717, 1.165) is 0 Å². The fraction of sp³-hybridized carbons (Fsp3) is 0.727. The first kappa shape index (κ1) is 9.50. The number of rotatable bonds is 2. The molecule has 0 aromatic carbocycles. The molecule has 1 nitrogen and oxygen atoms in total. The molecular weight excluding hydrogens is 146 g/mol. The van der Waals surface area contributed by atoms with Gasteiger partial charge in [0.05, 0.1) is 6.04 Å². The predicted octanol–water partition coefficient (Wildman–Crippen LogP) is 3.21. The highest BCUT2D eigenvalue weighted by molar-refractivity contribution is 5.83. The van der Waals surface area contributed by atoms with Crippen LogP contribution in [0.4, 0.5) is 0 Å². The van der Waals surface area contributed by atoms with Gasteiger partial charge in [0, 0.05) is 6.21 Å². The molecule has 0 fully saturated rings. The summed E-state index contributed by atoms with van der Waals surface area (Å²) < 4.78 is 0. The van der Waals surface area contributed by atoms with Crippen LogP contribution in [0, 0.1) is 5.41 Å². The van der Waals surface area contributed by atoms with Crippen molar-refractivity contribution in [3.63, 3.8) is 0 Å². The van der Waals surface area contributed by atoms with Crippen LogP contribution in [0.5, 0.6) is 0 Å². The van der Waals surface area contributed by atoms with E-state index >= 15 is 0 Å². The lowest BCUT2D eigenvalue weighted by molar-refractivity contribution is 0.525. The molecule has 0 saturated carbocycles. The normalized spacial score (nSPS) is 23.0. The summed E-state index contributed by atoms with van der Waals surface area (Å²) in [6.45, 7) is 8.91. The molecule has 0 bridgehead atoms. The molecule has 1 heteroatoms. The van der Waals surface area contributed by atoms with Crippen LogP contribution >= 0.6 is 0 Å². The van der Waals surface area contributed by atoms with Crippen molar-refractivity contribution in [1.82, 2.24) is 0 Å². The average molecular weight is 165 g/mol. The second-order valence-corrected chi connectivity index (χ2v) is 4.51. The second kappa shape index (κ2) is 3.42. The summed E-state index contributed by atoms with van der Waals surface area (Å²) in [7, 11) is 0. The zero-order valence-corrected chi connectivity index (χ0v) is 8.59. The van der Waals surface area contributed by atoms with E-state index in [2.05, 4.69) is 38.8 Å². The zero-order chi connectivity index (χ0) is 9.19. The first-order chi connectivity index (χ1) is 5.54. The lowest BCUT2D eigenvalue weighted by atomic mass is 9.87. The summed E-state index contributed by atoms with van der Waals surface area (Å²) in [4.78, 5) is 4.46. The molecule has 0 N–H and O–H groups in total. The summed E-state index contributed by atoms with van der Waals surface area (Å²) in [6.07, 6.45) is 6.76. The first-order valence-corrected chi connectivity index (χ1v) is 4.79. The van der Waals surface area contributed by atoms with Crippen LogP contribution in [0.1, 0.15) is 40.5 Å². The van der Waals surface area contributed by atoms with Crippen molar-refractivity contribution in [2.45, 2.75) is 46.6 Å². The van der Waals surface area contributed by atoms with Gasteiger partial charge in [-0.3, -0.25) is 4.99 Å². The Morgan fingerprint density at radius 2 is 2.08 bits per heavy atom. The molecule has 12 heavy (non-hydrogen) atoms. The third-order valence-corrected chi connectivity index (χ3v) is 2.23. The van der Waals surface area contributed by atoms with Crippen molar-refractivity contribution in [3.8, 4) is 0 Å². The Balaban J connectivity index is 2.62. The Kier molecular flexibility index (Phi) is 2.71. The van der Waals surface area contributed by atoms with Crippen LogP contribution < -0.4 is 0 Å². The smallest absolute Gasteiger partial charge is 0.0686 e. The fourth-order valence-corrected chi connectivity index (χ4v) is 1.37. The molecule has 0 spiro atoms. The predicted molar refractivity (Wildman–Crippen MR) is 54.7 cm³/mol. The SMILES string of the molecule is CCCC1C=C(C(C)(C)C)C=N1. The maximum atomic E-state index is 4.46. The fourth-order valence-electron chi connectivity index (χ4n) is 1.37. The van der Waals surface area contributed by atoms with E-state index in [4.69, 9.17) is 0 Å².